The van der Waals surface area contributed by atoms with Crippen LogP contribution in [0, 0.1) is 0 Å². The Morgan fingerprint density at radius 1 is 1.13 bits per heavy atom. The van der Waals surface area contributed by atoms with E-state index in [1.807, 2.05) is 51.1 Å². The molecule has 47 heavy (non-hydrogen) atoms. The monoisotopic (exact) mass is 677 g/mol. The van der Waals surface area contributed by atoms with Crippen molar-refractivity contribution < 1.29 is 28.0 Å². The summed E-state index contributed by atoms with van der Waals surface area (Å²) in [5.41, 5.74) is 4.06. The van der Waals surface area contributed by atoms with E-state index in [-0.39, 0.29) is 24.0 Å². The Hall–Kier alpha value is -3.78. The third kappa shape index (κ3) is 6.66. The second-order valence-electron chi connectivity index (χ2n) is 14.4. The Bertz CT molecular complexity index is 1870. The second kappa shape index (κ2) is 12.0. The predicted octanol–water partition coefficient (Wildman–Crippen LogP) is 7.62. The fraction of sp³-hybridized carbons (Fsp3) is 0.441. The lowest BCUT2D eigenvalue weighted by atomic mass is 9.81. The van der Waals surface area contributed by atoms with Gasteiger partial charge in [0.1, 0.15) is 17.2 Å². The molecule has 0 saturated heterocycles. The molecule has 0 saturated carbocycles. The van der Waals surface area contributed by atoms with E-state index in [0.717, 1.165) is 22.3 Å². The van der Waals surface area contributed by atoms with Crippen LogP contribution in [0.15, 0.2) is 62.5 Å². The molecule has 0 spiro atoms. The minimum atomic E-state index is -1.99. The predicted molar refractivity (Wildman–Crippen MR) is 183 cm³/mol. The molecule has 0 radical (unpaired) electrons. The number of furan rings is 1. The normalized spacial score (nSPS) is 17.5. The number of ether oxygens (including phenoxy) is 1. The molecule has 250 valence electrons. The van der Waals surface area contributed by atoms with E-state index in [1.54, 1.807) is 18.2 Å². The SMILES string of the molecule is CCOC(=O)c1[nH]cc2c1NC1=C(C(=O)CN(OC(C)(C)C)C1)C2c1ccc(Sc2nc3ccc(O[Si](C)(C)C(C)(C)C)cc3[nH]2)o1. The van der Waals surface area contributed by atoms with Gasteiger partial charge in [-0.25, -0.2) is 9.78 Å². The number of hydrogen-bond acceptors (Lipinski definition) is 10. The standard InChI is InChI=1S/C34H43N5O6SSi/c1-10-42-31(41)30-29-20(16-35-30)27(28-23(36-29)17-39(18-24(28)40)45-33(2,3)4)25-13-14-26(43-25)46-32-37-21-12-11-19(15-22(21)38-32)44-47(8,9)34(5,6)7/h11-16,27,35-36H,10,17-18H2,1-9H3,(H,37,38). The van der Waals surface area contributed by atoms with Crippen molar-refractivity contribution in [3.8, 4) is 5.75 Å². The number of hydrogen-bond donors (Lipinski definition) is 3. The lowest BCUT2D eigenvalue weighted by Crippen LogP contribution is -2.45. The van der Waals surface area contributed by atoms with Gasteiger partial charge in [-0.05, 0) is 81.9 Å². The van der Waals surface area contributed by atoms with Crippen LogP contribution in [-0.4, -0.2) is 65.4 Å². The Balaban J connectivity index is 1.30. The molecule has 11 nitrogen and oxygen atoms in total. The van der Waals surface area contributed by atoms with Crippen LogP contribution in [0.3, 0.4) is 0 Å². The molecule has 6 rings (SSSR count). The van der Waals surface area contributed by atoms with Crippen molar-refractivity contribution in [2.24, 2.45) is 0 Å². The van der Waals surface area contributed by atoms with Crippen LogP contribution in [0.4, 0.5) is 5.69 Å². The molecule has 4 aromatic rings. The molecule has 0 bridgehead atoms. The number of H-pyrrole nitrogens is 2. The van der Waals surface area contributed by atoms with E-state index in [9.17, 15) is 9.59 Å². The van der Waals surface area contributed by atoms with Crippen LogP contribution in [-0.2, 0) is 14.4 Å². The summed E-state index contributed by atoms with van der Waals surface area (Å²) in [5.74, 6) is 0.304. The fourth-order valence-electron chi connectivity index (χ4n) is 5.56. The maximum atomic E-state index is 13.7. The minimum absolute atomic E-state index is 0.0858. The highest BCUT2D eigenvalue weighted by molar-refractivity contribution is 7.99. The van der Waals surface area contributed by atoms with Gasteiger partial charge in [-0.1, -0.05) is 20.8 Å². The number of benzene rings is 1. The first kappa shape index (κ1) is 33.1. The topological polar surface area (TPSA) is 135 Å². The molecule has 0 fully saturated rings. The molecular weight excluding hydrogens is 635 g/mol. The van der Waals surface area contributed by atoms with Gasteiger partial charge in [0, 0.05) is 29.1 Å². The molecule has 5 heterocycles. The average molecular weight is 678 g/mol. The number of imidazole rings is 1. The molecule has 13 heteroatoms. The summed E-state index contributed by atoms with van der Waals surface area (Å²) in [6, 6.07) is 9.69. The van der Waals surface area contributed by atoms with Crippen molar-refractivity contribution >= 4 is 48.6 Å². The van der Waals surface area contributed by atoms with E-state index in [4.69, 9.17) is 23.4 Å². The quantitative estimate of drug-likeness (QED) is 0.126. The number of ketones is 1. The minimum Gasteiger partial charge on any atom is -0.543 e. The first-order valence-corrected chi connectivity index (χ1v) is 19.6. The molecule has 0 amide bonds. The molecule has 2 aliphatic heterocycles. The molecule has 3 N–H and O–H groups in total. The van der Waals surface area contributed by atoms with Crippen LogP contribution < -0.4 is 9.74 Å². The van der Waals surface area contributed by atoms with Gasteiger partial charge in [0.05, 0.1) is 47.9 Å². The highest BCUT2D eigenvalue weighted by Gasteiger charge is 2.42. The smallest absolute Gasteiger partial charge is 0.356 e. The number of anilines is 1. The van der Waals surface area contributed by atoms with Gasteiger partial charge >= 0.3 is 5.97 Å². The highest BCUT2D eigenvalue weighted by atomic mass is 32.2. The van der Waals surface area contributed by atoms with Gasteiger partial charge in [-0.3, -0.25) is 9.63 Å². The molecule has 1 atom stereocenters. The van der Waals surface area contributed by atoms with E-state index >= 15 is 0 Å². The van der Waals surface area contributed by atoms with Gasteiger partial charge < -0.3 is 28.9 Å². The number of aromatic nitrogens is 3. The summed E-state index contributed by atoms with van der Waals surface area (Å²) >= 11 is 1.36. The summed E-state index contributed by atoms with van der Waals surface area (Å²) in [4.78, 5) is 43.9. The fourth-order valence-corrected chi connectivity index (χ4v) is 7.35. The van der Waals surface area contributed by atoms with Gasteiger partial charge in [0.15, 0.2) is 16.0 Å². The van der Waals surface area contributed by atoms with Crippen molar-refractivity contribution in [2.45, 2.75) is 88.4 Å². The largest absolute Gasteiger partial charge is 0.543 e. The van der Waals surface area contributed by atoms with E-state index in [2.05, 4.69) is 49.1 Å². The zero-order valence-electron chi connectivity index (χ0n) is 28.4. The Morgan fingerprint density at radius 2 is 1.89 bits per heavy atom. The van der Waals surface area contributed by atoms with Crippen molar-refractivity contribution in [3.63, 3.8) is 0 Å². The van der Waals surface area contributed by atoms with Crippen molar-refractivity contribution in [1.82, 2.24) is 20.0 Å². The Kier molecular flexibility index (Phi) is 8.48. The van der Waals surface area contributed by atoms with Crippen LogP contribution >= 0.6 is 11.8 Å². The molecular formula is C34H43N5O6SSi. The van der Waals surface area contributed by atoms with E-state index in [1.165, 1.54) is 11.8 Å². The second-order valence-corrected chi connectivity index (χ2v) is 20.1. The zero-order valence-corrected chi connectivity index (χ0v) is 30.2. The molecule has 3 aromatic heterocycles. The van der Waals surface area contributed by atoms with Crippen molar-refractivity contribution in [3.05, 3.63) is 64.8 Å². The first-order chi connectivity index (χ1) is 22.0. The number of carbonyl (C=O) groups is 2. The Labute approximate surface area is 279 Å². The van der Waals surface area contributed by atoms with Gasteiger partial charge in [0.25, 0.3) is 0 Å². The van der Waals surface area contributed by atoms with Crippen LogP contribution in [0.1, 0.15) is 76.2 Å². The maximum Gasteiger partial charge on any atom is 0.356 e. The number of hydroxylamine groups is 2. The first-order valence-electron chi connectivity index (χ1n) is 15.8. The number of rotatable bonds is 8. The Morgan fingerprint density at radius 3 is 2.60 bits per heavy atom. The number of fused-ring (bicyclic) bond motifs is 2. The maximum absolute atomic E-state index is 13.7. The number of carbonyl (C=O) groups excluding carboxylic acids is 2. The summed E-state index contributed by atoms with van der Waals surface area (Å²) in [6.07, 6.45) is 1.74. The van der Waals surface area contributed by atoms with E-state index in [0.29, 0.717) is 45.2 Å². The summed E-state index contributed by atoms with van der Waals surface area (Å²) < 4.78 is 18.2. The number of aromatic amines is 2. The molecule has 1 aromatic carbocycles. The van der Waals surface area contributed by atoms with Crippen molar-refractivity contribution in [1.29, 1.82) is 0 Å². The third-order valence-corrected chi connectivity index (χ3v) is 13.8. The third-order valence-electron chi connectivity index (χ3n) is 8.64. The lowest BCUT2D eigenvalue weighted by molar-refractivity contribution is -0.223. The number of nitrogens with zero attached hydrogens (tertiary/aromatic N) is 2. The number of nitrogens with one attached hydrogen (secondary N) is 3. The summed E-state index contributed by atoms with van der Waals surface area (Å²) in [7, 11) is -1.99. The molecule has 1 unspecified atom stereocenters. The van der Waals surface area contributed by atoms with Crippen LogP contribution in [0.25, 0.3) is 11.0 Å². The molecule has 0 aliphatic carbocycles. The molecule has 2 aliphatic rings. The van der Waals surface area contributed by atoms with Gasteiger partial charge in [-0.2, -0.15) is 5.06 Å². The summed E-state index contributed by atoms with van der Waals surface area (Å²) in [5, 5.41) is 6.38. The van der Waals surface area contributed by atoms with Crippen molar-refractivity contribution in [2.75, 3.05) is 25.0 Å². The lowest BCUT2D eigenvalue weighted by Gasteiger charge is -2.38. The number of Topliss-reactive ketones (excluding diaryl/α,β-unsaturated/α-hetero) is 1. The van der Waals surface area contributed by atoms with Crippen LogP contribution in [0.5, 0.6) is 5.75 Å². The highest BCUT2D eigenvalue weighted by Crippen LogP contribution is 2.47. The average Bonchev–Trinajstić information content (AvgIpc) is 3.68. The zero-order chi connectivity index (χ0) is 33.9. The van der Waals surface area contributed by atoms with Gasteiger partial charge in [0.2, 0.25) is 8.32 Å². The summed E-state index contributed by atoms with van der Waals surface area (Å²) in [6.45, 7) is 19.4. The number of esters is 1. The van der Waals surface area contributed by atoms with Crippen LogP contribution in [0.2, 0.25) is 18.1 Å². The van der Waals surface area contributed by atoms with E-state index < -0.39 is 25.8 Å². The van der Waals surface area contributed by atoms with Gasteiger partial charge in [-0.15, -0.1) is 0 Å².